The molecule has 0 bridgehead atoms. The number of carbonyl (C=O) groups excluding carboxylic acids is 1. The Kier molecular flexibility index (Phi) is 5.83. The van der Waals surface area contributed by atoms with Crippen molar-refractivity contribution in [1.82, 2.24) is 5.32 Å². The maximum absolute atomic E-state index is 12.0. The van der Waals surface area contributed by atoms with Crippen molar-refractivity contribution in [3.8, 4) is 11.5 Å². The van der Waals surface area contributed by atoms with Gasteiger partial charge in [0.1, 0.15) is 11.5 Å². The molecule has 0 aliphatic rings. The third-order valence-electron chi connectivity index (χ3n) is 3.28. The fourth-order valence-electron chi connectivity index (χ4n) is 2.05. The smallest absolute Gasteiger partial charge is 0.260 e. The first kappa shape index (κ1) is 15.9. The van der Waals surface area contributed by atoms with Crippen molar-refractivity contribution >= 4 is 5.91 Å². The molecule has 0 spiro atoms. The standard InChI is InChI=1S/C18H21NO3/c1-14(22-17-10-6-9-16(13-17)21-2)18(20)19-12-11-15-7-4-3-5-8-15/h3-10,13-14H,11-12H2,1-2H3,(H,19,20). The average molecular weight is 299 g/mol. The van der Waals surface area contributed by atoms with Crippen LogP contribution in [0, 0.1) is 0 Å². The fourth-order valence-corrected chi connectivity index (χ4v) is 2.05. The Morgan fingerprint density at radius 2 is 1.82 bits per heavy atom. The van der Waals surface area contributed by atoms with Gasteiger partial charge in [0.05, 0.1) is 7.11 Å². The zero-order chi connectivity index (χ0) is 15.8. The summed E-state index contributed by atoms with van der Waals surface area (Å²) in [5.41, 5.74) is 1.20. The van der Waals surface area contributed by atoms with Crippen LogP contribution in [0.2, 0.25) is 0 Å². The van der Waals surface area contributed by atoms with E-state index in [0.717, 1.165) is 6.42 Å². The lowest BCUT2D eigenvalue weighted by atomic mass is 10.1. The van der Waals surface area contributed by atoms with Crippen molar-refractivity contribution in [3.63, 3.8) is 0 Å². The molecule has 1 amide bonds. The van der Waals surface area contributed by atoms with Crippen molar-refractivity contribution in [2.75, 3.05) is 13.7 Å². The number of carbonyl (C=O) groups is 1. The zero-order valence-corrected chi connectivity index (χ0v) is 12.9. The molecule has 2 aromatic rings. The van der Waals surface area contributed by atoms with Gasteiger partial charge in [-0.1, -0.05) is 36.4 Å². The topological polar surface area (TPSA) is 47.6 Å². The Labute approximate surface area is 131 Å². The van der Waals surface area contributed by atoms with E-state index in [9.17, 15) is 4.79 Å². The summed E-state index contributed by atoms with van der Waals surface area (Å²) in [6.07, 6.45) is 0.251. The van der Waals surface area contributed by atoms with Crippen molar-refractivity contribution in [1.29, 1.82) is 0 Å². The van der Waals surface area contributed by atoms with Crippen LogP contribution in [-0.4, -0.2) is 25.7 Å². The monoisotopic (exact) mass is 299 g/mol. The summed E-state index contributed by atoms with van der Waals surface area (Å²) in [4.78, 5) is 12.0. The summed E-state index contributed by atoms with van der Waals surface area (Å²) >= 11 is 0. The molecule has 2 rings (SSSR count). The number of methoxy groups -OCH3 is 1. The minimum absolute atomic E-state index is 0.126. The molecule has 0 aliphatic carbocycles. The lowest BCUT2D eigenvalue weighted by Gasteiger charge is -2.15. The second-order valence-electron chi connectivity index (χ2n) is 4.97. The van der Waals surface area contributed by atoms with Crippen LogP contribution >= 0.6 is 0 Å². The van der Waals surface area contributed by atoms with Gasteiger partial charge in [-0.2, -0.15) is 0 Å². The highest BCUT2D eigenvalue weighted by Crippen LogP contribution is 2.19. The third kappa shape index (κ3) is 4.81. The first-order valence-corrected chi connectivity index (χ1v) is 7.31. The van der Waals surface area contributed by atoms with Crippen molar-refractivity contribution in [2.45, 2.75) is 19.4 Å². The number of nitrogens with one attached hydrogen (secondary N) is 1. The van der Waals surface area contributed by atoms with E-state index in [4.69, 9.17) is 9.47 Å². The van der Waals surface area contributed by atoms with E-state index < -0.39 is 6.10 Å². The highest BCUT2D eigenvalue weighted by Gasteiger charge is 2.14. The Bertz CT molecular complexity index is 598. The molecule has 0 saturated carbocycles. The highest BCUT2D eigenvalue weighted by atomic mass is 16.5. The Morgan fingerprint density at radius 1 is 1.09 bits per heavy atom. The third-order valence-corrected chi connectivity index (χ3v) is 3.28. The molecule has 22 heavy (non-hydrogen) atoms. The molecule has 0 aromatic heterocycles. The number of benzene rings is 2. The van der Waals surface area contributed by atoms with Gasteiger partial charge in [0, 0.05) is 12.6 Å². The molecule has 116 valence electrons. The summed E-state index contributed by atoms with van der Waals surface area (Å²) in [5, 5.41) is 2.88. The van der Waals surface area contributed by atoms with Gasteiger partial charge in [-0.15, -0.1) is 0 Å². The zero-order valence-electron chi connectivity index (χ0n) is 12.9. The normalized spacial score (nSPS) is 11.5. The predicted molar refractivity (Wildman–Crippen MR) is 86.2 cm³/mol. The molecule has 0 radical (unpaired) electrons. The van der Waals surface area contributed by atoms with Crippen LogP contribution in [0.4, 0.5) is 0 Å². The molecule has 0 aliphatic heterocycles. The van der Waals surface area contributed by atoms with E-state index in [2.05, 4.69) is 5.32 Å². The summed E-state index contributed by atoms with van der Waals surface area (Å²) < 4.78 is 10.8. The quantitative estimate of drug-likeness (QED) is 0.855. The molecular weight excluding hydrogens is 278 g/mol. The molecule has 1 N–H and O–H groups in total. The molecule has 0 fully saturated rings. The minimum atomic E-state index is -0.553. The molecule has 4 nitrogen and oxygen atoms in total. The first-order valence-electron chi connectivity index (χ1n) is 7.31. The van der Waals surface area contributed by atoms with Gasteiger partial charge >= 0.3 is 0 Å². The summed E-state index contributed by atoms with van der Waals surface area (Å²) in [5.74, 6) is 1.19. The lowest BCUT2D eigenvalue weighted by Crippen LogP contribution is -2.37. The molecule has 1 atom stereocenters. The van der Waals surface area contributed by atoms with E-state index in [1.165, 1.54) is 5.56 Å². The maximum Gasteiger partial charge on any atom is 0.260 e. The Hall–Kier alpha value is -2.49. The predicted octanol–water partition coefficient (Wildman–Crippen LogP) is 2.82. The number of ether oxygens (including phenoxy) is 2. The molecule has 4 heteroatoms. The second-order valence-corrected chi connectivity index (χ2v) is 4.97. The number of rotatable bonds is 7. The number of amides is 1. The van der Waals surface area contributed by atoms with Gasteiger partial charge in [0.15, 0.2) is 6.10 Å². The molecule has 2 aromatic carbocycles. The fraction of sp³-hybridized carbons (Fsp3) is 0.278. The minimum Gasteiger partial charge on any atom is -0.497 e. The molecular formula is C18H21NO3. The van der Waals surface area contributed by atoms with Crippen LogP contribution in [0.3, 0.4) is 0 Å². The van der Waals surface area contributed by atoms with E-state index in [0.29, 0.717) is 18.0 Å². The summed E-state index contributed by atoms with van der Waals surface area (Å²) in [7, 11) is 1.60. The first-order chi connectivity index (χ1) is 10.7. The molecule has 0 heterocycles. The SMILES string of the molecule is COc1cccc(OC(C)C(=O)NCCc2ccccc2)c1. The molecule has 0 saturated heterocycles. The van der Waals surface area contributed by atoms with Crippen molar-refractivity contribution < 1.29 is 14.3 Å². The Balaban J connectivity index is 1.79. The summed E-state index contributed by atoms with van der Waals surface area (Å²) in [6.45, 7) is 2.33. The van der Waals surface area contributed by atoms with E-state index >= 15 is 0 Å². The van der Waals surface area contributed by atoms with Crippen LogP contribution in [0.15, 0.2) is 54.6 Å². The van der Waals surface area contributed by atoms with Crippen LogP contribution < -0.4 is 14.8 Å². The van der Waals surface area contributed by atoms with E-state index in [1.807, 2.05) is 42.5 Å². The van der Waals surface area contributed by atoms with E-state index in [-0.39, 0.29) is 5.91 Å². The van der Waals surface area contributed by atoms with Gasteiger partial charge in [0.25, 0.3) is 5.91 Å². The van der Waals surface area contributed by atoms with Crippen molar-refractivity contribution in [3.05, 3.63) is 60.2 Å². The summed E-state index contributed by atoms with van der Waals surface area (Å²) in [6, 6.07) is 17.3. The van der Waals surface area contributed by atoms with Gasteiger partial charge in [-0.05, 0) is 31.0 Å². The van der Waals surface area contributed by atoms with Gasteiger partial charge in [-0.25, -0.2) is 0 Å². The van der Waals surface area contributed by atoms with Gasteiger partial charge in [0.2, 0.25) is 0 Å². The average Bonchev–Trinajstić information content (AvgIpc) is 2.56. The highest BCUT2D eigenvalue weighted by molar-refractivity contribution is 5.80. The Morgan fingerprint density at radius 3 is 2.55 bits per heavy atom. The molecule has 1 unspecified atom stereocenters. The second kappa shape index (κ2) is 8.08. The van der Waals surface area contributed by atoms with Gasteiger partial charge in [-0.3, -0.25) is 4.79 Å². The maximum atomic E-state index is 12.0. The van der Waals surface area contributed by atoms with Gasteiger partial charge < -0.3 is 14.8 Å². The van der Waals surface area contributed by atoms with Crippen LogP contribution in [-0.2, 0) is 11.2 Å². The van der Waals surface area contributed by atoms with Crippen LogP contribution in [0.25, 0.3) is 0 Å². The van der Waals surface area contributed by atoms with Crippen LogP contribution in [0.1, 0.15) is 12.5 Å². The van der Waals surface area contributed by atoms with Crippen LogP contribution in [0.5, 0.6) is 11.5 Å². The largest absolute Gasteiger partial charge is 0.497 e. The van der Waals surface area contributed by atoms with E-state index in [1.54, 1.807) is 26.2 Å². The lowest BCUT2D eigenvalue weighted by molar-refractivity contribution is -0.127. The number of hydrogen-bond donors (Lipinski definition) is 1. The number of hydrogen-bond acceptors (Lipinski definition) is 3. The van der Waals surface area contributed by atoms with Crippen molar-refractivity contribution in [2.24, 2.45) is 0 Å².